The topological polar surface area (TPSA) is 52.9 Å². The van der Waals surface area contributed by atoms with Gasteiger partial charge in [-0.1, -0.05) is 61.4 Å². The van der Waals surface area contributed by atoms with Crippen LogP contribution in [0.4, 0.5) is 5.69 Å². The molecule has 0 saturated heterocycles. The minimum atomic E-state index is -0.166. The predicted octanol–water partition coefficient (Wildman–Crippen LogP) is 6.45. The molecule has 2 aromatic rings. The maximum absolute atomic E-state index is 9.58. The minimum absolute atomic E-state index is 0.0304. The van der Waals surface area contributed by atoms with E-state index >= 15 is 0 Å². The van der Waals surface area contributed by atoms with Crippen molar-refractivity contribution >= 4 is 23.4 Å². The van der Waals surface area contributed by atoms with E-state index in [9.17, 15) is 5.11 Å². The number of ether oxygens (including phenoxy) is 1. The molecule has 180 valence electrons. The number of allylic oxidation sites excluding steroid dienone is 5. The number of aryl methyl sites for hydroxylation is 1. The van der Waals surface area contributed by atoms with Gasteiger partial charge in [0.2, 0.25) is 0 Å². The molecule has 0 aromatic heterocycles. The number of aliphatic hydroxyl groups is 1. The zero-order valence-electron chi connectivity index (χ0n) is 20.3. The molecule has 0 atom stereocenters. The van der Waals surface area contributed by atoms with Crippen LogP contribution in [0, 0.1) is 6.92 Å². The standard InChI is InChI=1S/C29H34ClNO3/c1-20-7-12-26-25(17-20)29(2,3)27(31(26)13-15-34-16-14-32)19-23-6-4-5-22(28(23)30)18-21-8-10-24(33)11-9-21/h7-12,17-19,32-33H,4-6,13-16H2,1-3H3/b22-18+,27-19+. The molecule has 4 rings (SSSR count). The van der Waals surface area contributed by atoms with Crippen molar-refractivity contribution in [3.05, 3.63) is 87.1 Å². The van der Waals surface area contributed by atoms with Crippen LogP contribution in [0.15, 0.2) is 70.4 Å². The highest BCUT2D eigenvalue weighted by Crippen LogP contribution is 2.49. The van der Waals surface area contributed by atoms with Crippen molar-refractivity contribution in [1.29, 1.82) is 0 Å². The lowest BCUT2D eigenvalue weighted by Gasteiger charge is -2.29. The second-order valence-corrected chi connectivity index (χ2v) is 9.99. The van der Waals surface area contributed by atoms with Crippen molar-refractivity contribution in [3.8, 4) is 5.75 Å². The first-order chi connectivity index (χ1) is 16.3. The van der Waals surface area contributed by atoms with Crippen molar-refractivity contribution in [2.24, 2.45) is 0 Å². The molecular formula is C29H34ClNO3. The van der Waals surface area contributed by atoms with E-state index in [0.717, 1.165) is 41.0 Å². The van der Waals surface area contributed by atoms with Gasteiger partial charge in [0.25, 0.3) is 0 Å². The van der Waals surface area contributed by atoms with E-state index in [2.05, 4.69) is 56.0 Å². The Bertz CT molecular complexity index is 1130. The van der Waals surface area contributed by atoms with Crippen LogP contribution in [0.25, 0.3) is 6.08 Å². The SMILES string of the molecule is Cc1ccc2c(c1)C(C)(C)/C(=C\C1=C(Cl)C(=C/c3ccc(O)cc3)/CCC1)N2CCOCCO. The molecule has 1 heterocycles. The monoisotopic (exact) mass is 479 g/mol. The van der Waals surface area contributed by atoms with Gasteiger partial charge in [-0.25, -0.2) is 0 Å². The molecule has 2 aliphatic rings. The van der Waals surface area contributed by atoms with Crippen molar-refractivity contribution in [2.75, 3.05) is 31.3 Å². The number of rotatable bonds is 7. The quantitative estimate of drug-likeness (QED) is 0.448. The van der Waals surface area contributed by atoms with E-state index in [-0.39, 0.29) is 17.8 Å². The summed E-state index contributed by atoms with van der Waals surface area (Å²) in [5, 5.41) is 19.5. The third-order valence-corrected chi connectivity index (χ3v) is 7.23. The number of nitrogens with zero attached hydrogens (tertiary/aromatic N) is 1. The van der Waals surface area contributed by atoms with Gasteiger partial charge >= 0.3 is 0 Å². The molecule has 1 aliphatic carbocycles. The Morgan fingerprint density at radius 2 is 1.82 bits per heavy atom. The first kappa shape index (κ1) is 24.6. The van der Waals surface area contributed by atoms with E-state index in [0.29, 0.717) is 19.8 Å². The largest absolute Gasteiger partial charge is 0.508 e. The summed E-state index contributed by atoms with van der Waals surface area (Å²) in [7, 11) is 0. The number of hydrogen-bond donors (Lipinski definition) is 2. The molecule has 0 radical (unpaired) electrons. The molecule has 5 heteroatoms. The normalized spacial score (nSPS) is 19.9. The van der Waals surface area contributed by atoms with Crippen LogP contribution in [-0.2, 0) is 10.2 Å². The predicted molar refractivity (Wildman–Crippen MR) is 140 cm³/mol. The molecule has 0 amide bonds. The van der Waals surface area contributed by atoms with Gasteiger partial charge < -0.3 is 19.8 Å². The highest BCUT2D eigenvalue weighted by molar-refractivity contribution is 6.33. The smallest absolute Gasteiger partial charge is 0.115 e. The van der Waals surface area contributed by atoms with Crippen molar-refractivity contribution in [1.82, 2.24) is 0 Å². The van der Waals surface area contributed by atoms with Crippen LogP contribution < -0.4 is 4.90 Å². The summed E-state index contributed by atoms with van der Waals surface area (Å²) in [6, 6.07) is 13.9. The zero-order valence-corrected chi connectivity index (χ0v) is 21.0. The first-order valence-electron chi connectivity index (χ1n) is 12.0. The van der Waals surface area contributed by atoms with Crippen LogP contribution in [0.1, 0.15) is 49.8 Å². The number of benzene rings is 2. The second kappa shape index (κ2) is 10.4. The Labute approximate surface area is 207 Å². The molecule has 2 aromatic carbocycles. The molecular weight excluding hydrogens is 446 g/mol. The zero-order chi connectivity index (χ0) is 24.3. The number of halogens is 1. The highest BCUT2D eigenvalue weighted by atomic mass is 35.5. The van der Waals surface area contributed by atoms with Gasteiger partial charge in [0.05, 0.1) is 19.8 Å². The number of phenolic OH excluding ortho intramolecular Hbond substituents is 1. The summed E-state index contributed by atoms with van der Waals surface area (Å²) in [5.74, 6) is 0.263. The number of aliphatic hydroxyl groups excluding tert-OH is 1. The van der Waals surface area contributed by atoms with Crippen molar-refractivity contribution < 1.29 is 14.9 Å². The Morgan fingerprint density at radius 3 is 2.56 bits per heavy atom. The summed E-state index contributed by atoms with van der Waals surface area (Å²) < 4.78 is 5.62. The summed E-state index contributed by atoms with van der Waals surface area (Å²) in [5.41, 5.74) is 8.15. The van der Waals surface area contributed by atoms with E-state index < -0.39 is 0 Å². The summed E-state index contributed by atoms with van der Waals surface area (Å²) in [4.78, 5) is 2.35. The third kappa shape index (κ3) is 5.10. The van der Waals surface area contributed by atoms with Crippen molar-refractivity contribution in [3.63, 3.8) is 0 Å². The maximum atomic E-state index is 9.58. The summed E-state index contributed by atoms with van der Waals surface area (Å²) in [6.07, 6.45) is 7.33. The lowest BCUT2D eigenvalue weighted by atomic mass is 9.81. The van der Waals surface area contributed by atoms with Crippen molar-refractivity contribution in [2.45, 2.75) is 45.4 Å². The Balaban J connectivity index is 1.72. The van der Waals surface area contributed by atoms with Gasteiger partial charge in [-0.3, -0.25) is 0 Å². The molecule has 0 bridgehead atoms. The van der Waals surface area contributed by atoms with Crippen LogP contribution in [0.5, 0.6) is 5.75 Å². The number of phenols is 1. The molecule has 4 nitrogen and oxygen atoms in total. The van der Waals surface area contributed by atoms with E-state index in [1.54, 1.807) is 12.1 Å². The fourth-order valence-corrected chi connectivity index (χ4v) is 5.21. The van der Waals surface area contributed by atoms with Gasteiger partial charge in [0.1, 0.15) is 5.75 Å². The molecule has 0 saturated carbocycles. The van der Waals surface area contributed by atoms with E-state index in [1.165, 1.54) is 22.5 Å². The first-order valence-corrected chi connectivity index (χ1v) is 12.4. The molecule has 34 heavy (non-hydrogen) atoms. The lowest BCUT2D eigenvalue weighted by Crippen LogP contribution is -2.29. The number of fused-ring (bicyclic) bond motifs is 1. The van der Waals surface area contributed by atoms with Crippen LogP contribution >= 0.6 is 11.6 Å². The Kier molecular flexibility index (Phi) is 7.51. The number of hydrogen-bond acceptors (Lipinski definition) is 4. The van der Waals surface area contributed by atoms with Gasteiger partial charge in [0, 0.05) is 28.4 Å². The minimum Gasteiger partial charge on any atom is -0.508 e. The fourth-order valence-electron chi connectivity index (χ4n) is 4.92. The molecule has 0 fully saturated rings. The molecule has 0 spiro atoms. The van der Waals surface area contributed by atoms with Crippen LogP contribution in [-0.4, -0.2) is 36.6 Å². The van der Waals surface area contributed by atoms with Gasteiger partial charge in [-0.15, -0.1) is 0 Å². The Hall–Kier alpha value is -2.53. The second-order valence-electron chi connectivity index (χ2n) is 9.62. The molecule has 1 aliphatic heterocycles. The Morgan fingerprint density at radius 1 is 1.06 bits per heavy atom. The average Bonchev–Trinajstić information content (AvgIpc) is 3.01. The fraction of sp³-hybridized carbons (Fsp3) is 0.379. The lowest BCUT2D eigenvalue weighted by molar-refractivity contribution is 0.0972. The van der Waals surface area contributed by atoms with Gasteiger partial charge in [-0.05, 0) is 72.7 Å². The van der Waals surface area contributed by atoms with E-state index in [4.69, 9.17) is 21.4 Å². The summed E-state index contributed by atoms with van der Waals surface area (Å²) in [6.45, 7) is 8.31. The molecule has 0 unspecified atom stereocenters. The highest BCUT2D eigenvalue weighted by Gasteiger charge is 2.40. The van der Waals surface area contributed by atoms with Crippen LogP contribution in [0.2, 0.25) is 0 Å². The third-order valence-electron chi connectivity index (χ3n) is 6.74. The number of anilines is 1. The van der Waals surface area contributed by atoms with Crippen LogP contribution in [0.3, 0.4) is 0 Å². The van der Waals surface area contributed by atoms with Gasteiger partial charge in [-0.2, -0.15) is 0 Å². The average molecular weight is 480 g/mol. The summed E-state index contributed by atoms with van der Waals surface area (Å²) >= 11 is 6.98. The van der Waals surface area contributed by atoms with E-state index in [1.807, 2.05) is 12.1 Å². The molecule has 2 N–H and O–H groups in total. The van der Waals surface area contributed by atoms with Gasteiger partial charge in [0.15, 0.2) is 0 Å². The maximum Gasteiger partial charge on any atom is 0.115 e. The number of aromatic hydroxyl groups is 1.